The highest BCUT2D eigenvalue weighted by Gasteiger charge is 2.37. The van der Waals surface area contributed by atoms with E-state index in [1.807, 2.05) is 6.92 Å². The van der Waals surface area contributed by atoms with Gasteiger partial charge in [0.25, 0.3) is 15.9 Å². The van der Waals surface area contributed by atoms with Crippen molar-refractivity contribution in [1.82, 2.24) is 9.62 Å². The number of morpholine rings is 1. The molecule has 230 valence electrons. The molecule has 1 saturated heterocycles. The van der Waals surface area contributed by atoms with Crippen molar-refractivity contribution in [3.63, 3.8) is 0 Å². The molecule has 1 N–H and O–H groups in total. The number of benzene rings is 3. The summed E-state index contributed by atoms with van der Waals surface area (Å²) in [6.45, 7) is 3.16. The summed E-state index contributed by atoms with van der Waals surface area (Å²) >= 11 is 0. The second-order valence-corrected chi connectivity index (χ2v) is 13.7. The van der Waals surface area contributed by atoms with Gasteiger partial charge in [-0.05, 0) is 73.2 Å². The number of fused-ring (bicyclic) bond motifs is 1. The van der Waals surface area contributed by atoms with E-state index in [0.717, 1.165) is 5.56 Å². The van der Waals surface area contributed by atoms with Crippen LogP contribution < -0.4 is 23.8 Å². The number of carbonyl (C=O) groups is 1. The van der Waals surface area contributed by atoms with Gasteiger partial charge in [-0.25, -0.2) is 16.8 Å². The predicted molar refractivity (Wildman–Crippen MR) is 158 cm³/mol. The first-order valence-electron chi connectivity index (χ1n) is 13.6. The van der Waals surface area contributed by atoms with Crippen LogP contribution in [0.3, 0.4) is 0 Å². The second kappa shape index (κ2) is 12.8. The first kappa shape index (κ1) is 30.6. The molecule has 3 aromatic carbocycles. The number of rotatable bonds is 10. The highest BCUT2D eigenvalue weighted by molar-refractivity contribution is 7.92. The van der Waals surface area contributed by atoms with Crippen molar-refractivity contribution in [2.75, 3.05) is 57.4 Å². The van der Waals surface area contributed by atoms with E-state index < -0.39 is 32.1 Å². The van der Waals surface area contributed by atoms with Gasteiger partial charge in [0, 0.05) is 13.1 Å². The van der Waals surface area contributed by atoms with Crippen LogP contribution in [-0.2, 0) is 29.6 Å². The maximum Gasteiger partial charge on any atom is 0.264 e. The molecule has 2 aliphatic rings. The molecule has 0 radical (unpaired) electrons. The molecule has 0 aromatic heterocycles. The minimum atomic E-state index is -4.03. The van der Waals surface area contributed by atoms with E-state index in [0.29, 0.717) is 43.5 Å². The lowest BCUT2D eigenvalue weighted by atomic mass is 10.1. The van der Waals surface area contributed by atoms with E-state index in [1.54, 1.807) is 42.5 Å². The van der Waals surface area contributed by atoms with Gasteiger partial charge in [0.1, 0.15) is 23.9 Å². The molecule has 2 heterocycles. The second-order valence-electron chi connectivity index (χ2n) is 9.92. The fraction of sp³-hybridized carbons (Fsp3) is 0.345. The number of carbonyl (C=O) groups excluding carboxylic acids is 1. The fourth-order valence-electron chi connectivity index (χ4n) is 4.70. The third kappa shape index (κ3) is 6.72. The van der Waals surface area contributed by atoms with Gasteiger partial charge in [0.05, 0.1) is 48.9 Å². The Bertz CT molecular complexity index is 1660. The topological polar surface area (TPSA) is 141 Å². The Labute approximate surface area is 251 Å². The van der Waals surface area contributed by atoms with Gasteiger partial charge >= 0.3 is 0 Å². The minimum absolute atomic E-state index is 0.0546. The highest BCUT2D eigenvalue weighted by atomic mass is 32.2. The van der Waals surface area contributed by atoms with Crippen molar-refractivity contribution in [3.05, 3.63) is 72.3 Å². The first-order valence-corrected chi connectivity index (χ1v) is 16.5. The number of hydrogen-bond acceptors (Lipinski definition) is 9. The van der Waals surface area contributed by atoms with Crippen LogP contribution in [0.2, 0.25) is 0 Å². The molecule has 1 fully saturated rings. The molecular formula is C29H33N3O9S2. The maximum absolute atomic E-state index is 13.7. The van der Waals surface area contributed by atoms with Crippen LogP contribution in [0, 0.1) is 6.92 Å². The van der Waals surface area contributed by atoms with Gasteiger partial charge in [-0.3, -0.25) is 9.10 Å². The van der Waals surface area contributed by atoms with Crippen molar-refractivity contribution in [2.45, 2.75) is 22.8 Å². The lowest BCUT2D eigenvalue weighted by molar-refractivity contribution is -0.127. The summed E-state index contributed by atoms with van der Waals surface area (Å²) in [5, 5.41) is 2.73. The Morgan fingerprint density at radius 2 is 1.53 bits per heavy atom. The monoisotopic (exact) mass is 631 g/mol. The van der Waals surface area contributed by atoms with Gasteiger partial charge < -0.3 is 24.3 Å². The van der Waals surface area contributed by atoms with Crippen LogP contribution in [-0.4, -0.2) is 86.3 Å². The predicted octanol–water partition coefficient (Wildman–Crippen LogP) is 2.18. The van der Waals surface area contributed by atoms with Gasteiger partial charge in [0.15, 0.2) is 6.10 Å². The number of ether oxygens (including phenoxy) is 4. The molecule has 0 spiro atoms. The third-order valence-electron chi connectivity index (χ3n) is 7.03. The highest BCUT2D eigenvalue weighted by Crippen LogP contribution is 2.38. The molecule has 1 amide bonds. The van der Waals surface area contributed by atoms with E-state index in [-0.39, 0.29) is 35.2 Å². The van der Waals surface area contributed by atoms with Crippen LogP contribution in [0.5, 0.6) is 17.2 Å². The third-order valence-corrected chi connectivity index (χ3v) is 10.7. The largest absolute Gasteiger partial charge is 0.497 e. The average molecular weight is 632 g/mol. The zero-order valence-electron chi connectivity index (χ0n) is 23.8. The van der Waals surface area contributed by atoms with Gasteiger partial charge in [-0.15, -0.1) is 0 Å². The van der Waals surface area contributed by atoms with Crippen molar-refractivity contribution in [1.29, 1.82) is 0 Å². The summed E-state index contributed by atoms with van der Waals surface area (Å²) in [6.07, 6.45) is -1.10. The number of anilines is 1. The zero-order chi connectivity index (χ0) is 30.6. The number of aryl methyl sites for hydroxylation is 1. The summed E-state index contributed by atoms with van der Waals surface area (Å²) in [5.74, 6) is 0.727. The van der Waals surface area contributed by atoms with Crippen LogP contribution in [0.15, 0.2) is 76.5 Å². The van der Waals surface area contributed by atoms with Crippen molar-refractivity contribution in [2.24, 2.45) is 0 Å². The summed E-state index contributed by atoms with van der Waals surface area (Å²) in [6, 6.07) is 17.2. The van der Waals surface area contributed by atoms with E-state index in [2.05, 4.69) is 5.32 Å². The molecule has 5 rings (SSSR count). The summed E-state index contributed by atoms with van der Waals surface area (Å²) < 4.78 is 77.4. The fourth-order valence-corrected chi connectivity index (χ4v) is 7.58. The summed E-state index contributed by atoms with van der Waals surface area (Å²) in [5.41, 5.74) is 1.19. The Balaban J connectivity index is 1.20. The van der Waals surface area contributed by atoms with E-state index >= 15 is 0 Å². The number of sulfonamides is 2. The number of amides is 1. The molecule has 0 aliphatic carbocycles. The maximum atomic E-state index is 13.7. The standard InChI is InChI=1S/C29H33N3O9S2/c1-21-3-12-27-26(19-21)32(43(36,37)25-8-4-22(38-2)5-9-25)20-28(41-27)29(33)30-13-16-40-23-6-10-24(11-7-23)42(34,35)31-14-17-39-18-15-31/h3-12,19,28H,13-18,20H2,1-2H3,(H,30,33)/t28-/m0/s1. The average Bonchev–Trinajstić information content (AvgIpc) is 3.03. The number of hydrogen-bond donors (Lipinski definition) is 1. The van der Waals surface area contributed by atoms with Gasteiger partial charge in [-0.2, -0.15) is 4.31 Å². The van der Waals surface area contributed by atoms with Crippen LogP contribution in [0.4, 0.5) is 5.69 Å². The van der Waals surface area contributed by atoms with Crippen LogP contribution >= 0.6 is 0 Å². The van der Waals surface area contributed by atoms with Crippen molar-refractivity contribution in [3.8, 4) is 17.2 Å². The van der Waals surface area contributed by atoms with Gasteiger partial charge in [-0.1, -0.05) is 6.07 Å². The van der Waals surface area contributed by atoms with Crippen LogP contribution in [0.1, 0.15) is 5.56 Å². The SMILES string of the molecule is COc1ccc(S(=O)(=O)N2C[C@@H](C(=O)NCCOc3ccc(S(=O)(=O)N4CCOCC4)cc3)Oc3ccc(C)cc32)cc1. The lowest BCUT2D eigenvalue weighted by Crippen LogP contribution is -2.51. The molecule has 1 atom stereocenters. The lowest BCUT2D eigenvalue weighted by Gasteiger charge is -2.35. The zero-order valence-corrected chi connectivity index (χ0v) is 25.4. The molecule has 14 heteroatoms. The van der Waals surface area contributed by atoms with Crippen molar-refractivity contribution >= 4 is 31.6 Å². The molecule has 12 nitrogen and oxygen atoms in total. The van der Waals surface area contributed by atoms with Gasteiger partial charge in [0.2, 0.25) is 10.0 Å². The minimum Gasteiger partial charge on any atom is -0.497 e. The van der Waals surface area contributed by atoms with E-state index in [1.165, 1.54) is 40.0 Å². The quantitative estimate of drug-likeness (QED) is 0.334. The number of nitrogens with one attached hydrogen (secondary N) is 1. The van der Waals surface area contributed by atoms with Crippen molar-refractivity contribution < 1.29 is 40.6 Å². The Morgan fingerprint density at radius 3 is 2.19 bits per heavy atom. The smallest absolute Gasteiger partial charge is 0.264 e. The first-order chi connectivity index (χ1) is 20.6. The molecule has 0 bridgehead atoms. The summed E-state index contributed by atoms with van der Waals surface area (Å²) in [7, 11) is -6.14. The van der Waals surface area contributed by atoms with E-state index in [4.69, 9.17) is 18.9 Å². The normalized spacial score (nSPS) is 17.4. The number of methoxy groups -OCH3 is 1. The molecule has 2 aliphatic heterocycles. The molecule has 43 heavy (non-hydrogen) atoms. The molecule has 3 aromatic rings. The van der Waals surface area contributed by atoms with E-state index in [9.17, 15) is 21.6 Å². The molecular weight excluding hydrogens is 598 g/mol. The Kier molecular flexibility index (Phi) is 9.11. The molecule has 0 saturated carbocycles. The Hall–Kier alpha value is -3.85. The number of nitrogens with zero attached hydrogens (tertiary/aromatic N) is 2. The summed E-state index contributed by atoms with van der Waals surface area (Å²) in [4.78, 5) is 13.3. The molecule has 0 unspecified atom stereocenters. The Morgan fingerprint density at radius 1 is 0.907 bits per heavy atom. The van der Waals surface area contributed by atoms with Crippen LogP contribution in [0.25, 0.3) is 0 Å².